The van der Waals surface area contributed by atoms with E-state index in [4.69, 9.17) is 16.3 Å². The highest BCUT2D eigenvalue weighted by molar-refractivity contribution is 6.32. The predicted octanol–water partition coefficient (Wildman–Crippen LogP) is 4.04. The van der Waals surface area contributed by atoms with Gasteiger partial charge in [-0.15, -0.1) is 0 Å². The van der Waals surface area contributed by atoms with Gasteiger partial charge in [-0.1, -0.05) is 35.9 Å². The SMILES string of the molecule is CC(Oc1ccccc1Cl)C(=O)Nc1ccccc1C(=O)NCC(F)(F)F. The molecule has 0 radical (unpaired) electrons. The van der Waals surface area contributed by atoms with Crippen LogP contribution in [0.2, 0.25) is 5.02 Å². The molecule has 0 aliphatic rings. The molecule has 0 bridgehead atoms. The summed E-state index contributed by atoms with van der Waals surface area (Å²) in [6.07, 6.45) is -5.50. The number of alkyl halides is 3. The van der Waals surface area contributed by atoms with Gasteiger partial charge >= 0.3 is 6.18 Å². The molecule has 0 aromatic heterocycles. The minimum absolute atomic E-state index is 0.0665. The van der Waals surface area contributed by atoms with Crippen molar-refractivity contribution < 1.29 is 27.5 Å². The third-order valence-electron chi connectivity index (χ3n) is 3.39. The van der Waals surface area contributed by atoms with E-state index in [0.717, 1.165) is 0 Å². The van der Waals surface area contributed by atoms with Gasteiger partial charge in [-0.3, -0.25) is 9.59 Å². The Morgan fingerprint density at radius 3 is 2.41 bits per heavy atom. The van der Waals surface area contributed by atoms with Crippen LogP contribution in [0.15, 0.2) is 48.5 Å². The molecular weight excluding hydrogens is 385 g/mol. The Balaban J connectivity index is 2.07. The lowest BCUT2D eigenvalue weighted by Gasteiger charge is -2.17. The molecule has 2 N–H and O–H groups in total. The lowest BCUT2D eigenvalue weighted by molar-refractivity contribution is -0.123. The van der Waals surface area contributed by atoms with Crippen LogP contribution < -0.4 is 15.4 Å². The van der Waals surface area contributed by atoms with Gasteiger partial charge in [0.15, 0.2) is 6.10 Å². The molecule has 0 aliphatic carbocycles. The number of nitrogens with one attached hydrogen (secondary N) is 2. The van der Waals surface area contributed by atoms with Gasteiger partial charge in [0.1, 0.15) is 12.3 Å². The minimum atomic E-state index is -4.54. The number of para-hydroxylation sites is 2. The first-order chi connectivity index (χ1) is 12.7. The molecule has 0 spiro atoms. The predicted molar refractivity (Wildman–Crippen MR) is 95.0 cm³/mol. The van der Waals surface area contributed by atoms with Crippen LogP contribution >= 0.6 is 11.6 Å². The smallest absolute Gasteiger partial charge is 0.405 e. The number of hydrogen-bond donors (Lipinski definition) is 2. The second-order valence-corrected chi connectivity index (χ2v) is 5.93. The lowest BCUT2D eigenvalue weighted by Crippen LogP contribution is -2.35. The molecule has 0 aliphatic heterocycles. The largest absolute Gasteiger partial charge is 0.479 e. The van der Waals surface area contributed by atoms with Crippen LogP contribution in [0.25, 0.3) is 0 Å². The first-order valence-corrected chi connectivity index (χ1v) is 8.21. The lowest BCUT2D eigenvalue weighted by atomic mass is 10.1. The van der Waals surface area contributed by atoms with Crippen molar-refractivity contribution in [2.75, 3.05) is 11.9 Å². The number of amides is 2. The number of benzene rings is 2. The fourth-order valence-corrected chi connectivity index (χ4v) is 2.26. The zero-order chi connectivity index (χ0) is 20.0. The number of halogens is 4. The van der Waals surface area contributed by atoms with Crippen LogP contribution in [-0.2, 0) is 4.79 Å². The number of rotatable bonds is 6. The fourth-order valence-electron chi connectivity index (χ4n) is 2.08. The second kappa shape index (κ2) is 8.77. The average Bonchev–Trinajstić information content (AvgIpc) is 2.61. The Kier molecular flexibility index (Phi) is 6.68. The van der Waals surface area contributed by atoms with Gasteiger partial charge < -0.3 is 15.4 Å². The summed E-state index contributed by atoms with van der Waals surface area (Å²) in [5, 5.41) is 4.57. The summed E-state index contributed by atoms with van der Waals surface area (Å²) in [5.74, 6) is -1.24. The van der Waals surface area contributed by atoms with Crippen molar-refractivity contribution >= 4 is 29.1 Å². The quantitative estimate of drug-likeness (QED) is 0.769. The highest BCUT2D eigenvalue weighted by Crippen LogP contribution is 2.24. The van der Waals surface area contributed by atoms with Crippen LogP contribution in [0, 0.1) is 0 Å². The van der Waals surface area contributed by atoms with Crippen LogP contribution in [0.3, 0.4) is 0 Å². The molecule has 5 nitrogen and oxygen atoms in total. The zero-order valence-electron chi connectivity index (χ0n) is 14.1. The van der Waals surface area contributed by atoms with Gasteiger partial charge in [-0.05, 0) is 31.2 Å². The highest BCUT2D eigenvalue weighted by atomic mass is 35.5. The molecule has 27 heavy (non-hydrogen) atoms. The van der Waals surface area contributed by atoms with Gasteiger partial charge in [0.25, 0.3) is 11.8 Å². The first kappa shape index (κ1) is 20.6. The fraction of sp³-hybridized carbons (Fsp3) is 0.222. The Morgan fingerprint density at radius 1 is 1.11 bits per heavy atom. The standard InChI is InChI=1S/C18H16ClF3N2O3/c1-11(27-15-9-5-3-7-13(15)19)16(25)24-14-8-4-2-6-12(14)17(26)23-10-18(20,21)22/h2-9,11H,10H2,1H3,(H,23,26)(H,24,25). The Hall–Kier alpha value is -2.74. The van der Waals surface area contributed by atoms with E-state index in [1.807, 2.05) is 0 Å². The van der Waals surface area contributed by atoms with Crippen molar-refractivity contribution in [3.05, 3.63) is 59.1 Å². The van der Waals surface area contributed by atoms with Gasteiger partial charge in [0.2, 0.25) is 0 Å². The summed E-state index contributed by atoms with van der Waals surface area (Å²) >= 11 is 5.97. The Bertz CT molecular complexity index is 827. The number of carbonyl (C=O) groups is 2. The monoisotopic (exact) mass is 400 g/mol. The molecule has 2 amide bonds. The van der Waals surface area contributed by atoms with Gasteiger partial charge in [0, 0.05) is 0 Å². The van der Waals surface area contributed by atoms with E-state index < -0.39 is 30.6 Å². The third-order valence-corrected chi connectivity index (χ3v) is 3.70. The van der Waals surface area contributed by atoms with Gasteiger partial charge in [0.05, 0.1) is 16.3 Å². The highest BCUT2D eigenvalue weighted by Gasteiger charge is 2.28. The van der Waals surface area contributed by atoms with Gasteiger partial charge in [-0.2, -0.15) is 13.2 Å². The second-order valence-electron chi connectivity index (χ2n) is 5.52. The van der Waals surface area contributed by atoms with E-state index in [-0.39, 0.29) is 11.3 Å². The van der Waals surface area contributed by atoms with E-state index in [1.54, 1.807) is 29.6 Å². The molecule has 144 valence electrons. The molecule has 1 unspecified atom stereocenters. The molecule has 1 atom stereocenters. The maximum absolute atomic E-state index is 12.3. The van der Waals surface area contributed by atoms with Crippen LogP contribution in [0.4, 0.5) is 18.9 Å². The maximum Gasteiger partial charge on any atom is 0.405 e. The zero-order valence-corrected chi connectivity index (χ0v) is 14.9. The van der Waals surface area contributed by atoms with Crippen LogP contribution in [0.5, 0.6) is 5.75 Å². The molecular formula is C18H16ClF3N2O3. The molecule has 0 heterocycles. The molecule has 0 saturated heterocycles. The average molecular weight is 401 g/mol. The number of hydrogen-bond acceptors (Lipinski definition) is 3. The van der Waals surface area contributed by atoms with E-state index >= 15 is 0 Å². The number of carbonyl (C=O) groups excluding carboxylic acids is 2. The van der Waals surface area contributed by atoms with E-state index in [1.165, 1.54) is 31.2 Å². The van der Waals surface area contributed by atoms with E-state index in [0.29, 0.717) is 10.8 Å². The van der Waals surface area contributed by atoms with Crippen molar-refractivity contribution in [3.8, 4) is 5.75 Å². The summed E-state index contributed by atoms with van der Waals surface area (Å²) in [5.41, 5.74) is -0.0307. The van der Waals surface area contributed by atoms with E-state index in [2.05, 4.69) is 5.32 Å². The first-order valence-electron chi connectivity index (χ1n) is 7.83. The summed E-state index contributed by atoms with van der Waals surface area (Å²) < 4.78 is 42.3. The topological polar surface area (TPSA) is 67.4 Å². The van der Waals surface area contributed by atoms with E-state index in [9.17, 15) is 22.8 Å². The van der Waals surface area contributed by atoms with Crippen molar-refractivity contribution in [2.24, 2.45) is 0 Å². The molecule has 0 saturated carbocycles. The molecule has 9 heteroatoms. The molecule has 2 rings (SSSR count). The Labute approximate surface area is 158 Å². The van der Waals surface area contributed by atoms with Crippen molar-refractivity contribution in [2.45, 2.75) is 19.2 Å². The number of ether oxygens (including phenoxy) is 1. The van der Waals surface area contributed by atoms with Crippen molar-refractivity contribution in [1.82, 2.24) is 5.32 Å². The normalized spacial score (nSPS) is 12.2. The molecule has 2 aromatic carbocycles. The summed E-state index contributed by atoms with van der Waals surface area (Å²) in [4.78, 5) is 24.3. The third kappa shape index (κ3) is 6.18. The summed E-state index contributed by atoms with van der Waals surface area (Å²) in [6.45, 7) is 0.00509. The molecule has 0 fully saturated rings. The van der Waals surface area contributed by atoms with Gasteiger partial charge in [-0.25, -0.2) is 0 Å². The minimum Gasteiger partial charge on any atom is -0.479 e. The van der Waals surface area contributed by atoms with Crippen molar-refractivity contribution in [1.29, 1.82) is 0 Å². The van der Waals surface area contributed by atoms with Crippen molar-refractivity contribution in [3.63, 3.8) is 0 Å². The van der Waals surface area contributed by atoms with Crippen LogP contribution in [0.1, 0.15) is 17.3 Å². The maximum atomic E-state index is 12.3. The Morgan fingerprint density at radius 2 is 1.74 bits per heavy atom. The number of anilines is 1. The summed E-state index contributed by atoms with van der Waals surface area (Å²) in [7, 11) is 0. The molecule has 2 aromatic rings. The summed E-state index contributed by atoms with van der Waals surface area (Å²) in [6, 6.07) is 12.3. The van der Waals surface area contributed by atoms with Crippen LogP contribution in [-0.4, -0.2) is 30.6 Å².